The van der Waals surface area contributed by atoms with E-state index in [-0.39, 0.29) is 11.6 Å². The smallest absolute Gasteiger partial charge is 0.271 e. The molecular formula is C31H26N2O2S. The van der Waals surface area contributed by atoms with Crippen LogP contribution in [0.1, 0.15) is 40.3 Å². The molecule has 1 aromatic heterocycles. The Balaban J connectivity index is 1.58. The standard InChI is InChI=1S/C31H26N2O2S/c1-3-18-35-26-11-7-5-9-23(26)19-27-30(34)33-29(22-14-12-20(2)13-15-22)25-17-16-21-8-4-6-10-24(21)28(25)32-31(33)36-27/h3-15,19,29H,1,16-18H2,2H3. The molecule has 36 heavy (non-hydrogen) atoms. The summed E-state index contributed by atoms with van der Waals surface area (Å²) in [5.41, 5.74) is 7.89. The number of hydrogen-bond donors (Lipinski definition) is 0. The maximum absolute atomic E-state index is 13.9. The second-order valence-corrected chi connectivity index (χ2v) is 10.2. The van der Waals surface area contributed by atoms with Crippen LogP contribution in [0.4, 0.5) is 0 Å². The average molecular weight is 491 g/mol. The highest BCUT2D eigenvalue weighted by Crippen LogP contribution is 2.41. The van der Waals surface area contributed by atoms with Gasteiger partial charge in [0.05, 0.1) is 16.3 Å². The number of fused-ring (bicyclic) bond motifs is 3. The van der Waals surface area contributed by atoms with Crippen molar-refractivity contribution in [1.29, 1.82) is 0 Å². The van der Waals surface area contributed by atoms with Gasteiger partial charge in [0.25, 0.3) is 5.56 Å². The van der Waals surface area contributed by atoms with Gasteiger partial charge in [-0.15, -0.1) is 0 Å². The Morgan fingerprint density at radius 2 is 1.83 bits per heavy atom. The van der Waals surface area contributed by atoms with Crippen LogP contribution < -0.4 is 19.6 Å². The third-order valence-electron chi connectivity index (χ3n) is 6.83. The molecule has 0 saturated heterocycles. The highest BCUT2D eigenvalue weighted by molar-refractivity contribution is 7.07. The number of para-hydroxylation sites is 1. The van der Waals surface area contributed by atoms with E-state index in [0.29, 0.717) is 11.1 Å². The molecule has 3 aromatic carbocycles. The van der Waals surface area contributed by atoms with Crippen molar-refractivity contribution in [1.82, 2.24) is 4.57 Å². The van der Waals surface area contributed by atoms with E-state index in [9.17, 15) is 4.79 Å². The van der Waals surface area contributed by atoms with Crippen molar-refractivity contribution in [2.75, 3.05) is 6.61 Å². The summed E-state index contributed by atoms with van der Waals surface area (Å²) < 4.78 is 8.37. The zero-order chi connectivity index (χ0) is 24.6. The summed E-state index contributed by atoms with van der Waals surface area (Å²) >= 11 is 1.44. The molecule has 6 rings (SSSR count). The molecule has 0 spiro atoms. The minimum Gasteiger partial charge on any atom is -0.489 e. The Morgan fingerprint density at radius 3 is 2.67 bits per heavy atom. The number of thiazole rings is 1. The van der Waals surface area contributed by atoms with E-state index in [1.165, 1.54) is 33.6 Å². The van der Waals surface area contributed by atoms with Crippen molar-refractivity contribution in [3.8, 4) is 5.75 Å². The van der Waals surface area contributed by atoms with Crippen LogP contribution in [0.25, 0.3) is 11.8 Å². The molecule has 1 unspecified atom stereocenters. The van der Waals surface area contributed by atoms with E-state index in [1.807, 2.05) is 34.9 Å². The molecule has 178 valence electrons. The van der Waals surface area contributed by atoms with Gasteiger partial charge in [-0.3, -0.25) is 9.36 Å². The molecule has 0 saturated carbocycles. The van der Waals surface area contributed by atoms with Crippen LogP contribution in [0, 0.1) is 6.92 Å². The Morgan fingerprint density at radius 1 is 1.06 bits per heavy atom. The van der Waals surface area contributed by atoms with Crippen LogP contribution in [0.2, 0.25) is 0 Å². The molecule has 0 bridgehead atoms. The van der Waals surface area contributed by atoms with Crippen molar-refractivity contribution in [3.63, 3.8) is 0 Å². The number of hydrogen-bond acceptors (Lipinski definition) is 4. The fourth-order valence-corrected chi connectivity index (χ4v) is 6.08. The van der Waals surface area contributed by atoms with E-state index in [4.69, 9.17) is 9.73 Å². The molecule has 0 fully saturated rings. The van der Waals surface area contributed by atoms with E-state index in [1.54, 1.807) is 6.08 Å². The van der Waals surface area contributed by atoms with Gasteiger partial charge in [-0.05, 0) is 48.6 Å². The number of rotatable bonds is 5. The lowest BCUT2D eigenvalue weighted by molar-refractivity contribution is 0.362. The molecule has 2 heterocycles. The third-order valence-corrected chi connectivity index (χ3v) is 7.81. The number of aromatic nitrogens is 1. The first-order chi connectivity index (χ1) is 17.6. The van der Waals surface area contributed by atoms with Gasteiger partial charge in [0.15, 0.2) is 4.80 Å². The predicted octanol–water partition coefficient (Wildman–Crippen LogP) is 5.19. The summed E-state index contributed by atoms with van der Waals surface area (Å²) in [5.74, 6) is 0.728. The normalized spacial score (nSPS) is 16.6. The quantitative estimate of drug-likeness (QED) is 0.361. The highest BCUT2D eigenvalue weighted by Gasteiger charge is 2.32. The number of aryl methyl sites for hydroxylation is 2. The number of allylic oxidation sites excluding steroid dienone is 1. The van der Waals surface area contributed by atoms with Gasteiger partial charge in [0.2, 0.25) is 0 Å². The van der Waals surface area contributed by atoms with Crippen LogP contribution >= 0.6 is 11.3 Å². The Labute approximate surface area is 213 Å². The van der Waals surface area contributed by atoms with E-state index < -0.39 is 0 Å². The van der Waals surface area contributed by atoms with Crippen LogP contribution in [-0.4, -0.2) is 11.2 Å². The van der Waals surface area contributed by atoms with Crippen LogP contribution in [0.5, 0.6) is 5.75 Å². The summed E-state index contributed by atoms with van der Waals surface area (Å²) in [4.78, 5) is 19.7. The minimum atomic E-state index is -0.167. The lowest BCUT2D eigenvalue weighted by Crippen LogP contribution is -2.38. The van der Waals surface area contributed by atoms with Gasteiger partial charge in [0.1, 0.15) is 12.4 Å². The van der Waals surface area contributed by atoms with Crippen molar-refractivity contribution < 1.29 is 4.74 Å². The maximum atomic E-state index is 13.9. The van der Waals surface area contributed by atoms with Crippen LogP contribution in [-0.2, 0) is 6.42 Å². The van der Waals surface area contributed by atoms with Gasteiger partial charge in [-0.2, -0.15) is 0 Å². The van der Waals surface area contributed by atoms with Crippen LogP contribution in [0.15, 0.2) is 101 Å². The van der Waals surface area contributed by atoms with E-state index in [2.05, 4.69) is 62.0 Å². The molecule has 1 aliphatic heterocycles. The summed E-state index contributed by atoms with van der Waals surface area (Å²) in [6.45, 7) is 6.23. The van der Waals surface area contributed by atoms with Crippen molar-refractivity contribution in [2.24, 2.45) is 4.99 Å². The second kappa shape index (κ2) is 9.25. The van der Waals surface area contributed by atoms with Gasteiger partial charge < -0.3 is 4.74 Å². The predicted molar refractivity (Wildman–Crippen MR) is 146 cm³/mol. The summed E-state index contributed by atoms with van der Waals surface area (Å²) in [6, 6.07) is 24.6. The van der Waals surface area contributed by atoms with Crippen molar-refractivity contribution in [2.45, 2.75) is 25.8 Å². The van der Waals surface area contributed by atoms with Gasteiger partial charge in [0, 0.05) is 11.1 Å². The largest absolute Gasteiger partial charge is 0.489 e. The third kappa shape index (κ3) is 3.86. The molecule has 5 heteroatoms. The second-order valence-electron chi connectivity index (χ2n) is 9.16. The van der Waals surface area contributed by atoms with Crippen molar-refractivity contribution in [3.05, 3.63) is 139 Å². The van der Waals surface area contributed by atoms with Crippen LogP contribution in [0.3, 0.4) is 0 Å². The first-order valence-corrected chi connectivity index (χ1v) is 13.0. The summed E-state index contributed by atoms with van der Waals surface area (Å²) in [6.07, 6.45) is 5.47. The van der Waals surface area contributed by atoms with Gasteiger partial charge in [-0.25, -0.2) is 4.99 Å². The molecule has 1 aliphatic carbocycles. The zero-order valence-electron chi connectivity index (χ0n) is 20.1. The Bertz CT molecular complexity index is 1690. The minimum absolute atomic E-state index is 0.0201. The lowest BCUT2D eigenvalue weighted by atomic mass is 9.83. The number of nitrogens with zero attached hydrogens (tertiary/aromatic N) is 2. The SMILES string of the molecule is C=CCOc1ccccc1C=c1sc2n(c1=O)C(c1ccc(C)cc1)C1=C(N=2)c2ccccc2CC1. The number of ether oxygens (including phenoxy) is 1. The van der Waals surface area contributed by atoms with E-state index in [0.717, 1.165) is 40.2 Å². The molecule has 1 atom stereocenters. The van der Waals surface area contributed by atoms with Crippen molar-refractivity contribution >= 4 is 23.1 Å². The lowest BCUT2D eigenvalue weighted by Gasteiger charge is -2.30. The maximum Gasteiger partial charge on any atom is 0.271 e. The molecule has 0 N–H and O–H groups in total. The van der Waals surface area contributed by atoms with Gasteiger partial charge in [-0.1, -0.05) is 96.3 Å². The Hall–Kier alpha value is -3.96. The Kier molecular flexibility index (Phi) is 5.78. The fourth-order valence-electron chi connectivity index (χ4n) is 5.09. The monoisotopic (exact) mass is 490 g/mol. The molecule has 0 amide bonds. The molecule has 2 aliphatic rings. The first-order valence-electron chi connectivity index (χ1n) is 12.2. The van der Waals surface area contributed by atoms with Gasteiger partial charge >= 0.3 is 0 Å². The zero-order valence-corrected chi connectivity index (χ0v) is 20.9. The summed E-state index contributed by atoms with van der Waals surface area (Å²) in [7, 11) is 0. The highest BCUT2D eigenvalue weighted by atomic mass is 32.1. The topological polar surface area (TPSA) is 43.6 Å². The molecular weight excluding hydrogens is 464 g/mol. The molecule has 4 nitrogen and oxygen atoms in total. The van der Waals surface area contributed by atoms with E-state index >= 15 is 0 Å². The fraction of sp³-hybridized carbons (Fsp3) is 0.161. The molecule has 4 aromatic rings. The summed E-state index contributed by atoms with van der Waals surface area (Å²) in [5, 5.41) is 0. The average Bonchev–Trinajstić information content (AvgIpc) is 3.22. The first kappa shape index (κ1) is 22.5. The molecule has 0 radical (unpaired) electrons. The number of benzene rings is 3.